The van der Waals surface area contributed by atoms with E-state index in [4.69, 9.17) is 4.74 Å². The predicted octanol–water partition coefficient (Wildman–Crippen LogP) is 6.36. The Kier molecular flexibility index (Phi) is 15.0. The zero-order valence-corrected chi connectivity index (χ0v) is 15.0. The molecule has 2 aromatic rings. The summed E-state index contributed by atoms with van der Waals surface area (Å²) in [7, 11) is 1.68. The van der Waals surface area contributed by atoms with Crippen molar-refractivity contribution in [3.8, 4) is 5.75 Å². The Bertz CT molecular complexity index is 444. The number of benzene rings is 2. The lowest BCUT2D eigenvalue weighted by atomic mass is 10.2. The average molecular weight is 288 g/mol. The fraction of sp³-hybridized carbons (Fsp3) is 0.400. The number of aryl methyl sites for hydroxylation is 3. The lowest BCUT2D eigenvalue weighted by molar-refractivity contribution is 0.414. The minimum Gasteiger partial charge on any atom is -0.497 e. The van der Waals surface area contributed by atoms with Crippen LogP contribution in [0.4, 0.5) is 0 Å². The van der Waals surface area contributed by atoms with E-state index < -0.39 is 0 Å². The smallest absolute Gasteiger partial charge is 0.119 e. The van der Waals surface area contributed by atoms with Crippen molar-refractivity contribution < 1.29 is 4.74 Å². The van der Waals surface area contributed by atoms with Crippen LogP contribution in [0.1, 0.15) is 44.4 Å². The summed E-state index contributed by atoms with van der Waals surface area (Å²) in [5.41, 5.74) is 3.91. The summed E-state index contributed by atoms with van der Waals surface area (Å²) in [5, 5.41) is 0. The van der Waals surface area contributed by atoms with Crippen molar-refractivity contribution in [1.82, 2.24) is 0 Å². The fourth-order valence-corrected chi connectivity index (χ4v) is 1.55. The Balaban J connectivity index is 0. The van der Waals surface area contributed by atoms with Crippen LogP contribution in [0.3, 0.4) is 0 Å². The van der Waals surface area contributed by atoms with Crippen molar-refractivity contribution in [2.24, 2.45) is 0 Å². The van der Waals surface area contributed by atoms with E-state index in [-0.39, 0.29) is 0 Å². The van der Waals surface area contributed by atoms with Gasteiger partial charge in [-0.1, -0.05) is 75.2 Å². The minimum atomic E-state index is 0.926. The molecule has 118 valence electrons. The zero-order chi connectivity index (χ0) is 16.7. The lowest BCUT2D eigenvalue weighted by Gasteiger charge is -1.97. The summed E-state index contributed by atoms with van der Waals surface area (Å²) in [6.07, 6.45) is 0. The van der Waals surface area contributed by atoms with Crippen molar-refractivity contribution in [2.75, 3.05) is 7.11 Å². The molecule has 2 rings (SSSR count). The molecule has 0 heterocycles. The Hall–Kier alpha value is -1.76. The highest BCUT2D eigenvalue weighted by atomic mass is 16.5. The molecule has 0 aliphatic rings. The molecule has 0 saturated heterocycles. The van der Waals surface area contributed by atoms with Gasteiger partial charge in [-0.05, 0) is 38.5 Å². The molecule has 0 radical (unpaired) electrons. The van der Waals surface area contributed by atoms with Gasteiger partial charge in [0.25, 0.3) is 0 Å². The molecule has 0 aliphatic heterocycles. The summed E-state index contributed by atoms with van der Waals surface area (Å²) >= 11 is 0. The molecule has 0 saturated carbocycles. The summed E-state index contributed by atoms with van der Waals surface area (Å²) in [4.78, 5) is 0. The Morgan fingerprint density at radius 2 is 1.00 bits per heavy atom. The molecule has 2 aromatic carbocycles. The molecule has 0 unspecified atom stereocenters. The van der Waals surface area contributed by atoms with Crippen LogP contribution in [0, 0.1) is 20.8 Å². The van der Waals surface area contributed by atoms with Gasteiger partial charge in [-0.25, -0.2) is 0 Å². The molecular weight excluding hydrogens is 256 g/mol. The molecule has 0 fully saturated rings. The van der Waals surface area contributed by atoms with Crippen molar-refractivity contribution >= 4 is 0 Å². The third-order valence-electron chi connectivity index (χ3n) is 2.40. The predicted molar refractivity (Wildman–Crippen MR) is 96.3 cm³/mol. The Labute approximate surface area is 132 Å². The number of methoxy groups -OCH3 is 1. The summed E-state index contributed by atoms with van der Waals surface area (Å²) in [5.74, 6) is 0.926. The number of hydrogen-bond donors (Lipinski definition) is 0. The maximum atomic E-state index is 5.00. The maximum Gasteiger partial charge on any atom is 0.119 e. The molecular formula is C20H32O. The molecule has 21 heavy (non-hydrogen) atoms. The highest BCUT2D eigenvalue weighted by molar-refractivity contribution is 5.27. The second-order valence-corrected chi connectivity index (χ2v) is 4.18. The topological polar surface area (TPSA) is 9.23 Å². The number of ether oxygens (including phenoxy) is 1. The fourth-order valence-electron chi connectivity index (χ4n) is 1.55. The second-order valence-electron chi connectivity index (χ2n) is 4.18. The van der Waals surface area contributed by atoms with Crippen LogP contribution in [0.2, 0.25) is 0 Å². The van der Waals surface area contributed by atoms with Gasteiger partial charge in [0, 0.05) is 0 Å². The van der Waals surface area contributed by atoms with E-state index in [1.54, 1.807) is 7.11 Å². The van der Waals surface area contributed by atoms with Crippen molar-refractivity contribution in [3.05, 3.63) is 65.2 Å². The van der Waals surface area contributed by atoms with Gasteiger partial charge in [-0.15, -0.1) is 0 Å². The van der Waals surface area contributed by atoms with Gasteiger partial charge >= 0.3 is 0 Å². The first-order chi connectivity index (χ1) is 10.1. The van der Waals surface area contributed by atoms with Gasteiger partial charge in [0.15, 0.2) is 0 Å². The summed E-state index contributed by atoms with van der Waals surface area (Å²) < 4.78 is 5.00. The Morgan fingerprint density at radius 3 is 1.24 bits per heavy atom. The van der Waals surface area contributed by atoms with Crippen LogP contribution in [0.25, 0.3) is 0 Å². The van der Waals surface area contributed by atoms with Crippen molar-refractivity contribution in [1.29, 1.82) is 0 Å². The maximum absolute atomic E-state index is 5.00. The van der Waals surface area contributed by atoms with Crippen LogP contribution in [0.5, 0.6) is 5.75 Å². The monoisotopic (exact) mass is 288 g/mol. The van der Waals surface area contributed by atoms with Crippen LogP contribution >= 0.6 is 0 Å². The first-order valence-corrected chi connectivity index (χ1v) is 7.76. The molecule has 0 N–H and O–H groups in total. The largest absolute Gasteiger partial charge is 0.497 e. The van der Waals surface area contributed by atoms with Crippen molar-refractivity contribution in [2.45, 2.75) is 48.5 Å². The van der Waals surface area contributed by atoms with Gasteiger partial charge in [0.2, 0.25) is 0 Å². The number of hydrogen-bond acceptors (Lipinski definition) is 1. The van der Waals surface area contributed by atoms with Gasteiger partial charge in [0.1, 0.15) is 5.75 Å². The molecule has 0 aromatic heterocycles. The van der Waals surface area contributed by atoms with E-state index in [0.29, 0.717) is 0 Å². The standard InChI is InChI=1S/C8H10O.C8H10.2C2H6/c1-7-4-3-5-8(6-7)9-2;1-7-4-3-5-8(2)6-7;2*1-2/h3-6H,1-2H3;3-6H,1-2H3;2*1-2H3. The van der Waals surface area contributed by atoms with Crippen LogP contribution in [-0.2, 0) is 0 Å². The van der Waals surface area contributed by atoms with E-state index in [2.05, 4.69) is 38.1 Å². The lowest BCUT2D eigenvalue weighted by Crippen LogP contribution is -1.81. The third-order valence-corrected chi connectivity index (χ3v) is 2.40. The number of rotatable bonds is 1. The molecule has 1 nitrogen and oxygen atoms in total. The quantitative estimate of drug-likeness (QED) is 0.593. The highest BCUT2D eigenvalue weighted by Crippen LogP contribution is 2.10. The second kappa shape index (κ2) is 14.6. The molecule has 1 heteroatoms. The van der Waals surface area contributed by atoms with E-state index in [9.17, 15) is 0 Å². The van der Waals surface area contributed by atoms with Gasteiger partial charge in [-0.3, -0.25) is 0 Å². The van der Waals surface area contributed by atoms with E-state index in [1.165, 1.54) is 16.7 Å². The van der Waals surface area contributed by atoms with Crippen LogP contribution in [0.15, 0.2) is 48.5 Å². The molecule has 0 spiro atoms. The molecule has 0 bridgehead atoms. The van der Waals surface area contributed by atoms with E-state index in [0.717, 1.165) is 5.75 Å². The van der Waals surface area contributed by atoms with Gasteiger partial charge in [-0.2, -0.15) is 0 Å². The first kappa shape index (κ1) is 21.5. The van der Waals surface area contributed by atoms with Crippen LogP contribution < -0.4 is 4.74 Å². The summed E-state index contributed by atoms with van der Waals surface area (Å²) in [6.45, 7) is 14.3. The van der Waals surface area contributed by atoms with Crippen molar-refractivity contribution in [3.63, 3.8) is 0 Å². The first-order valence-electron chi connectivity index (χ1n) is 7.76. The summed E-state index contributed by atoms with van der Waals surface area (Å²) in [6, 6.07) is 16.4. The third kappa shape index (κ3) is 11.7. The average Bonchev–Trinajstić information content (AvgIpc) is 2.51. The molecule has 0 aliphatic carbocycles. The zero-order valence-electron chi connectivity index (χ0n) is 15.0. The highest BCUT2D eigenvalue weighted by Gasteiger charge is 1.86. The normalized spacial score (nSPS) is 8.00. The molecule has 0 atom stereocenters. The van der Waals surface area contributed by atoms with Gasteiger partial charge in [0.05, 0.1) is 7.11 Å². The van der Waals surface area contributed by atoms with Gasteiger partial charge < -0.3 is 4.74 Å². The minimum absolute atomic E-state index is 0.926. The molecule has 0 amide bonds. The Morgan fingerprint density at radius 1 is 0.619 bits per heavy atom. The van der Waals surface area contributed by atoms with Crippen LogP contribution in [-0.4, -0.2) is 7.11 Å². The van der Waals surface area contributed by atoms with E-state index in [1.807, 2.05) is 58.9 Å². The SMILES string of the molecule is CC.CC.COc1cccc(C)c1.Cc1cccc(C)c1. The van der Waals surface area contributed by atoms with E-state index >= 15 is 0 Å².